The number of nitrogens with zero attached hydrogens (tertiary/aromatic N) is 5. The van der Waals surface area contributed by atoms with Crippen LogP contribution in [0.15, 0.2) is 35.4 Å². The Morgan fingerprint density at radius 3 is 2.47 bits per heavy atom. The molecular formula is C29H30FN7O6. The largest absolute Gasteiger partial charge is 0.493 e. The molecule has 0 unspecified atom stereocenters. The summed E-state index contributed by atoms with van der Waals surface area (Å²) in [5, 5.41) is 9.44. The molecule has 5 N–H and O–H groups in total. The van der Waals surface area contributed by atoms with Crippen LogP contribution in [-0.4, -0.2) is 64.0 Å². The van der Waals surface area contributed by atoms with Crippen LogP contribution < -0.4 is 36.0 Å². The second-order valence-corrected chi connectivity index (χ2v) is 10.6. The highest BCUT2D eigenvalue weighted by atomic mass is 19.1. The van der Waals surface area contributed by atoms with Crippen molar-refractivity contribution in [2.24, 2.45) is 0 Å². The van der Waals surface area contributed by atoms with Gasteiger partial charge in [-0.05, 0) is 36.6 Å². The van der Waals surface area contributed by atoms with Crippen LogP contribution in [0.5, 0.6) is 17.2 Å². The minimum atomic E-state index is -1.35. The Labute approximate surface area is 244 Å². The molecule has 0 spiro atoms. The lowest BCUT2D eigenvalue weighted by molar-refractivity contribution is 0.0694. The smallest absolute Gasteiger partial charge is 0.341 e. The van der Waals surface area contributed by atoms with Crippen molar-refractivity contribution in [3.63, 3.8) is 0 Å². The van der Waals surface area contributed by atoms with E-state index in [1.165, 1.54) is 20.4 Å². The molecule has 14 heteroatoms. The van der Waals surface area contributed by atoms with Crippen LogP contribution >= 0.6 is 0 Å². The van der Waals surface area contributed by atoms with Gasteiger partial charge in [0.15, 0.2) is 23.1 Å². The number of fused-ring (bicyclic) bond motifs is 1. The van der Waals surface area contributed by atoms with Crippen molar-refractivity contribution in [2.45, 2.75) is 37.8 Å². The number of anilines is 3. The van der Waals surface area contributed by atoms with E-state index < -0.39 is 22.8 Å². The monoisotopic (exact) mass is 591 g/mol. The zero-order valence-electron chi connectivity index (χ0n) is 23.5. The van der Waals surface area contributed by atoms with E-state index in [0.717, 1.165) is 24.5 Å². The lowest BCUT2D eigenvalue weighted by atomic mass is 10.1. The zero-order chi connectivity index (χ0) is 30.4. The van der Waals surface area contributed by atoms with Gasteiger partial charge >= 0.3 is 5.97 Å². The van der Waals surface area contributed by atoms with E-state index in [1.807, 2.05) is 12.1 Å². The number of benzene rings is 1. The third kappa shape index (κ3) is 5.31. The number of hydrogen-bond acceptors (Lipinski definition) is 11. The highest BCUT2D eigenvalue weighted by Gasteiger charge is 2.32. The maximum absolute atomic E-state index is 15.4. The number of carboxylic acids is 1. The van der Waals surface area contributed by atoms with Gasteiger partial charge in [0.2, 0.25) is 17.1 Å². The lowest BCUT2D eigenvalue weighted by Crippen LogP contribution is -2.27. The summed E-state index contributed by atoms with van der Waals surface area (Å²) >= 11 is 0. The van der Waals surface area contributed by atoms with Crippen molar-refractivity contribution in [1.82, 2.24) is 19.5 Å². The van der Waals surface area contributed by atoms with E-state index in [-0.39, 0.29) is 40.8 Å². The number of carbonyl (C=O) groups is 1. The number of aromatic carboxylic acids is 1. The van der Waals surface area contributed by atoms with Gasteiger partial charge in [0, 0.05) is 43.4 Å². The van der Waals surface area contributed by atoms with E-state index in [1.54, 1.807) is 15.7 Å². The summed E-state index contributed by atoms with van der Waals surface area (Å²) in [6, 6.07) is 4.73. The summed E-state index contributed by atoms with van der Waals surface area (Å²) in [5.74, 6) is -0.322. The first-order valence-electron chi connectivity index (χ1n) is 13.7. The number of nitrogen functional groups attached to an aromatic ring is 2. The van der Waals surface area contributed by atoms with Gasteiger partial charge in [-0.25, -0.2) is 19.2 Å². The van der Waals surface area contributed by atoms with Gasteiger partial charge in [0.05, 0.1) is 26.2 Å². The van der Waals surface area contributed by atoms with Crippen LogP contribution in [0.2, 0.25) is 0 Å². The van der Waals surface area contributed by atoms with Gasteiger partial charge in [-0.3, -0.25) is 4.79 Å². The minimum absolute atomic E-state index is 0.0218. The molecule has 4 heterocycles. The number of halogens is 1. The predicted octanol–water partition coefficient (Wildman–Crippen LogP) is 2.79. The van der Waals surface area contributed by atoms with E-state index in [9.17, 15) is 14.7 Å². The Morgan fingerprint density at radius 2 is 1.84 bits per heavy atom. The molecule has 2 aliphatic rings. The molecule has 13 nitrogen and oxygen atoms in total. The summed E-state index contributed by atoms with van der Waals surface area (Å²) in [6.45, 7) is 0.754. The molecule has 0 bridgehead atoms. The summed E-state index contributed by atoms with van der Waals surface area (Å²) in [6.07, 6.45) is 5.15. The molecule has 0 radical (unpaired) electrons. The van der Waals surface area contributed by atoms with Gasteiger partial charge in [-0.1, -0.05) is 0 Å². The Hall–Kier alpha value is -5.14. The fourth-order valence-corrected chi connectivity index (χ4v) is 5.37. The normalized spacial score (nSPS) is 16.4. The maximum atomic E-state index is 15.4. The fourth-order valence-electron chi connectivity index (χ4n) is 5.37. The molecule has 1 aromatic carbocycles. The molecule has 43 heavy (non-hydrogen) atoms. The number of rotatable bonds is 9. The van der Waals surface area contributed by atoms with Crippen LogP contribution in [-0.2, 0) is 6.42 Å². The maximum Gasteiger partial charge on any atom is 0.341 e. The van der Waals surface area contributed by atoms with Crippen molar-refractivity contribution < 1.29 is 28.5 Å². The second-order valence-electron chi connectivity index (χ2n) is 10.6. The molecule has 3 aromatic heterocycles. The van der Waals surface area contributed by atoms with Gasteiger partial charge < -0.3 is 40.3 Å². The highest BCUT2D eigenvalue weighted by Crippen LogP contribution is 2.41. The molecular weight excluding hydrogens is 561 g/mol. The molecule has 6 rings (SSSR count). The first-order chi connectivity index (χ1) is 20.7. The van der Waals surface area contributed by atoms with Crippen molar-refractivity contribution in [3.05, 3.63) is 63.3 Å². The molecule has 0 amide bonds. The number of pyridine rings is 2. The van der Waals surface area contributed by atoms with E-state index in [4.69, 9.17) is 25.7 Å². The van der Waals surface area contributed by atoms with Crippen LogP contribution in [0, 0.1) is 5.82 Å². The first kappa shape index (κ1) is 28.0. The number of nitrogens with two attached hydrogens (primary N) is 2. The zero-order valence-corrected chi connectivity index (χ0v) is 23.5. The van der Waals surface area contributed by atoms with E-state index >= 15 is 4.39 Å². The molecule has 1 aliphatic heterocycles. The topological polar surface area (TPSA) is 181 Å². The number of ether oxygens (including phenoxy) is 3. The number of methoxy groups -OCH3 is 2. The van der Waals surface area contributed by atoms with Crippen molar-refractivity contribution in [2.75, 3.05) is 43.7 Å². The van der Waals surface area contributed by atoms with Crippen LogP contribution in [0.4, 0.5) is 22.0 Å². The van der Waals surface area contributed by atoms with Gasteiger partial charge in [0.25, 0.3) is 0 Å². The van der Waals surface area contributed by atoms with Crippen molar-refractivity contribution in [1.29, 1.82) is 0 Å². The summed E-state index contributed by atoms with van der Waals surface area (Å²) < 4.78 is 34.7. The molecule has 1 saturated heterocycles. The molecule has 1 aliphatic carbocycles. The average molecular weight is 592 g/mol. The van der Waals surface area contributed by atoms with Gasteiger partial charge in [-0.15, -0.1) is 0 Å². The summed E-state index contributed by atoms with van der Waals surface area (Å²) in [7, 11) is 3.05. The Kier molecular flexibility index (Phi) is 7.12. The van der Waals surface area contributed by atoms with Crippen molar-refractivity contribution >= 4 is 34.6 Å². The SMILES string of the molecule is COc1cc(Cc2cnc(N)nc2N)cc(OC)c1O[C@@H]1CCN(c2nc3c(cc2F)c(=O)c(C(=O)O)cn3C2CC2)C1. The van der Waals surface area contributed by atoms with Crippen molar-refractivity contribution in [3.8, 4) is 17.2 Å². The molecule has 2 fully saturated rings. The summed E-state index contributed by atoms with van der Waals surface area (Å²) in [5.41, 5.74) is 12.2. The third-order valence-corrected chi connectivity index (χ3v) is 7.67. The molecule has 224 valence electrons. The second kappa shape index (κ2) is 10.9. The van der Waals surface area contributed by atoms with Crippen LogP contribution in [0.1, 0.15) is 46.8 Å². The van der Waals surface area contributed by atoms with Crippen LogP contribution in [0.3, 0.4) is 0 Å². The van der Waals surface area contributed by atoms with Gasteiger partial charge in [-0.2, -0.15) is 4.98 Å². The quantitative estimate of drug-likeness (QED) is 0.259. The third-order valence-electron chi connectivity index (χ3n) is 7.67. The number of aromatic nitrogens is 4. The summed E-state index contributed by atoms with van der Waals surface area (Å²) in [4.78, 5) is 38.8. The Bertz CT molecular complexity index is 1780. The first-order valence-corrected chi connectivity index (χ1v) is 13.7. The lowest BCUT2D eigenvalue weighted by Gasteiger charge is -2.22. The van der Waals surface area contributed by atoms with E-state index in [2.05, 4.69) is 15.0 Å². The van der Waals surface area contributed by atoms with Crippen LogP contribution in [0.25, 0.3) is 11.0 Å². The molecule has 4 aromatic rings. The standard InChI is InChI=1S/C29H30FN7O6/c1-41-21-8-14(7-15-11-33-29(32)34-25(15)31)9-22(42-2)24(21)43-17-5-6-36(12-17)27-20(30)10-18-23(38)19(28(39)40)13-37(16-3-4-16)26(18)35-27/h8-11,13,16-17H,3-7,12H2,1-2H3,(H,39,40)(H4,31,32,33,34)/t17-/m1/s1. The van der Waals surface area contributed by atoms with Gasteiger partial charge in [0.1, 0.15) is 23.1 Å². The Morgan fingerprint density at radius 1 is 1.12 bits per heavy atom. The fraction of sp³-hybridized carbons (Fsp3) is 0.345. The molecule has 1 saturated carbocycles. The molecule has 1 atom stereocenters. The Balaban J connectivity index is 1.26. The number of carboxylic acid groups (broad SMARTS) is 1. The highest BCUT2D eigenvalue weighted by molar-refractivity contribution is 5.92. The van der Waals surface area contributed by atoms with E-state index in [0.29, 0.717) is 48.7 Å². The minimum Gasteiger partial charge on any atom is -0.493 e. The average Bonchev–Trinajstić information content (AvgIpc) is 3.72. The number of hydrogen-bond donors (Lipinski definition) is 3. The predicted molar refractivity (Wildman–Crippen MR) is 156 cm³/mol.